The van der Waals surface area contributed by atoms with E-state index in [4.69, 9.17) is 14.5 Å². The van der Waals surface area contributed by atoms with Crippen LogP contribution in [0.1, 0.15) is 96.7 Å². The maximum Gasteiger partial charge on any atom is 0.408 e. The maximum absolute atomic E-state index is 14.7. The molecule has 4 heterocycles. The Labute approximate surface area is 316 Å². The normalized spacial score (nSPS) is 29.6. The Balaban J connectivity index is 1.25. The van der Waals surface area contributed by atoms with E-state index in [9.17, 15) is 27.6 Å². The number of benzene rings is 1. The van der Waals surface area contributed by atoms with Crippen LogP contribution in [0.15, 0.2) is 36.4 Å². The van der Waals surface area contributed by atoms with Crippen LogP contribution in [0.25, 0.3) is 10.9 Å². The number of amides is 4. The number of nitrogens with zero attached hydrogens (tertiary/aromatic N) is 2. The largest absolute Gasteiger partial charge is 0.483 e. The molecule has 0 bridgehead atoms. The number of allylic oxidation sites excluding steroid dienone is 1. The molecule has 14 heteroatoms. The van der Waals surface area contributed by atoms with Crippen LogP contribution < -0.4 is 20.1 Å². The van der Waals surface area contributed by atoms with E-state index >= 15 is 0 Å². The number of aryl methyl sites for hydroxylation is 2. The van der Waals surface area contributed by atoms with E-state index in [1.54, 1.807) is 33.8 Å². The fourth-order valence-electron chi connectivity index (χ4n) is 7.90. The Hall–Kier alpha value is -4.64. The molecular weight excluding hydrogens is 711 g/mol. The third kappa shape index (κ3) is 7.03. The van der Waals surface area contributed by atoms with Gasteiger partial charge in [-0.2, -0.15) is 0 Å². The van der Waals surface area contributed by atoms with Gasteiger partial charge in [0.05, 0.1) is 28.4 Å². The fourth-order valence-corrected chi connectivity index (χ4v) is 9.19. The van der Waals surface area contributed by atoms with Gasteiger partial charge >= 0.3 is 6.09 Å². The van der Waals surface area contributed by atoms with Crippen molar-refractivity contribution in [2.45, 2.75) is 132 Å². The summed E-state index contributed by atoms with van der Waals surface area (Å²) in [7, 11) is -4.06. The molecule has 4 amide bonds. The van der Waals surface area contributed by atoms with E-state index in [0.717, 1.165) is 29.3 Å². The number of fused-ring (bicyclic) bond motifs is 5. The minimum Gasteiger partial charge on any atom is -0.483 e. The van der Waals surface area contributed by atoms with E-state index in [1.807, 2.05) is 37.3 Å². The summed E-state index contributed by atoms with van der Waals surface area (Å²) in [6, 6.07) is 5.69. The monoisotopic (exact) mass is 759 g/mol. The maximum atomic E-state index is 14.7. The Bertz CT molecular complexity index is 2110. The number of hydrogen-bond donors (Lipinski definition) is 3. The highest BCUT2D eigenvalue weighted by Gasteiger charge is 2.58. The second-order valence-corrected chi connectivity index (χ2v) is 18.9. The van der Waals surface area contributed by atoms with Gasteiger partial charge in [-0.25, -0.2) is 22.9 Å². The molecule has 1 saturated heterocycles. The Kier molecular flexibility index (Phi) is 9.48. The highest BCUT2D eigenvalue weighted by molar-refractivity contribution is 7.91. The summed E-state index contributed by atoms with van der Waals surface area (Å²) in [6.45, 7) is 8.69. The first kappa shape index (κ1) is 37.7. The standard InChI is InChI=1S/C40H49N5O8S/c1-25-32-28(27-14-11-12-15-29(27)41-25)18-19-39(52-32)23-31-33(46)43-40(35(48)44-54(50,51)38(5)21-22-38)20-17-26(40)13-9-7-6-8-10-16-30(34(47)45(31)24-39)42-36(49)53-37(2,3)4/h9,11-15,26,30-31H,6-8,10,16,18-19,21-24H2,1-5H3,(H,42,49)(H,43,46)(H,44,48)/b13-9-/t26-,30+,31+,39+,40-/m1/s1. The summed E-state index contributed by atoms with van der Waals surface area (Å²) in [5.74, 6) is 3.48. The second kappa shape index (κ2) is 13.6. The van der Waals surface area contributed by atoms with Gasteiger partial charge in [-0.3, -0.25) is 14.4 Å². The average Bonchev–Trinajstić information content (AvgIpc) is 3.76. The molecule has 1 aromatic carbocycles. The summed E-state index contributed by atoms with van der Waals surface area (Å²) < 4.78 is 40.0. The lowest BCUT2D eigenvalue weighted by Crippen LogP contribution is -2.68. The Morgan fingerprint density at radius 1 is 1.11 bits per heavy atom. The van der Waals surface area contributed by atoms with Gasteiger partial charge in [-0.1, -0.05) is 55.0 Å². The molecule has 3 aliphatic heterocycles. The number of carbonyl (C=O) groups excluding carboxylic acids is 4. The van der Waals surface area contributed by atoms with E-state index in [1.165, 1.54) is 4.90 Å². The van der Waals surface area contributed by atoms with Gasteiger partial charge in [0.1, 0.15) is 29.0 Å². The molecule has 7 rings (SSSR count). The zero-order chi connectivity index (χ0) is 38.7. The van der Waals surface area contributed by atoms with Crippen LogP contribution in [0, 0.1) is 24.7 Å². The van der Waals surface area contributed by atoms with Crippen LogP contribution in [0.4, 0.5) is 4.79 Å². The van der Waals surface area contributed by atoms with Crippen molar-refractivity contribution in [3.8, 4) is 17.6 Å². The van der Waals surface area contributed by atoms with Crippen LogP contribution in [-0.4, -0.2) is 82.2 Å². The van der Waals surface area contributed by atoms with Crippen LogP contribution in [0.3, 0.4) is 0 Å². The minimum absolute atomic E-state index is 0.0308. The van der Waals surface area contributed by atoms with Crippen LogP contribution in [0.2, 0.25) is 0 Å². The number of aromatic nitrogens is 1. The lowest BCUT2D eigenvalue weighted by Gasteiger charge is -2.38. The van der Waals surface area contributed by atoms with Crippen LogP contribution in [0.5, 0.6) is 5.75 Å². The fraction of sp³-hybridized carbons (Fsp3) is 0.575. The van der Waals surface area contributed by atoms with E-state index in [-0.39, 0.29) is 13.0 Å². The van der Waals surface area contributed by atoms with E-state index < -0.39 is 73.3 Å². The van der Waals surface area contributed by atoms with Gasteiger partial charge in [-0.05, 0) is 85.6 Å². The molecule has 2 fully saturated rings. The van der Waals surface area contributed by atoms with Crippen molar-refractivity contribution in [3.63, 3.8) is 0 Å². The molecule has 2 aliphatic carbocycles. The highest BCUT2D eigenvalue weighted by atomic mass is 32.2. The molecule has 3 N–H and O–H groups in total. The molecule has 1 aromatic heterocycles. The molecule has 5 atom stereocenters. The van der Waals surface area contributed by atoms with Crippen molar-refractivity contribution >= 4 is 44.7 Å². The molecular formula is C40H49N5O8S. The first-order valence-corrected chi connectivity index (χ1v) is 20.4. The number of para-hydroxylation sites is 1. The average molecular weight is 760 g/mol. The van der Waals surface area contributed by atoms with Gasteiger partial charge in [0.25, 0.3) is 5.91 Å². The van der Waals surface area contributed by atoms with Crippen molar-refractivity contribution in [3.05, 3.63) is 47.7 Å². The second-order valence-electron chi connectivity index (χ2n) is 16.7. The molecule has 1 spiro atoms. The quantitative estimate of drug-likeness (QED) is 0.307. The molecule has 5 aliphatic rings. The summed E-state index contributed by atoms with van der Waals surface area (Å²) in [6.07, 6.45) is 7.95. The highest BCUT2D eigenvalue weighted by Crippen LogP contribution is 2.45. The molecule has 0 unspecified atom stereocenters. The zero-order valence-corrected chi connectivity index (χ0v) is 32.4. The van der Waals surface area contributed by atoms with Crippen molar-refractivity contribution in [1.82, 2.24) is 25.2 Å². The van der Waals surface area contributed by atoms with Crippen molar-refractivity contribution < 1.29 is 37.1 Å². The van der Waals surface area contributed by atoms with Gasteiger partial charge < -0.3 is 25.0 Å². The number of carbonyl (C=O) groups is 4. The summed E-state index contributed by atoms with van der Waals surface area (Å²) >= 11 is 0. The lowest BCUT2D eigenvalue weighted by molar-refractivity contribution is -0.142. The molecule has 0 radical (unpaired) electrons. The smallest absolute Gasteiger partial charge is 0.408 e. The third-order valence-electron chi connectivity index (χ3n) is 11.3. The number of hydrogen-bond acceptors (Lipinski definition) is 9. The number of pyridine rings is 1. The summed E-state index contributed by atoms with van der Waals surface area (Å²) in [5.41, 5.74) is -1.14. The molecule has 288 valence electrons. The van der Waals surface area contributed by atoms with Crippen molar-refractivity contribution in [2.75, 3.05) is 6.54 Å². The zero-order valence-electron chi connectivity index (χ0n) is 31.5. The van der Waals surface area contributed by atoms with Gasteiger partial charge in [0.2, 0.25) is 21.8 Å². The molecule has 54 heavy (non-hydrogen) atoms. The van der Waals surface area contributed by atoms with Gasteiger partial charge in [0.15, 0.2) is 5.54 Å². The molecule has 13 nitrogen and oxygen atoms in total. The van der Waals surface area contributed by atoms with E-state index in [2.05, 4.69) is 27.2 Å². The topological polar surface area (TPSA) is 173 Å². The molecule has 1 saturated carbocycles. The predicted octanol–water partition coefficient (Wildman–Crippen LogP) is 4.11. The van der Waals surface area contributed by atoms with Crippen molar-refractivity contribution in [2.24, 2.45) is 5.92 Å². The number of alkyl carbamates (subject to hydrolysis) is 1. The third-order valence-corrected chi connectivity index (χ3v) is 13.5. The predicted molar refractivity (Wildman–Crippen MR) is 201 cm³/mol. The Morgan fingerprint density at radius 2 is 1.87 bits per heavy atom. The van der Waals surface area contributed by atoms with Gasteiger partial charge in [-0.15, -0.1) is 0 Å². The number of ether oxygens (including phenoxy) is 2. The minimum atomic E-state index is -4.06. The lowest BCUT2D eigenvalue weighted by atomic mass is 9.75. The summed E-state index contributed by atoms with van der Waals surface area (Å²) in [5, 5.41) is 6.59. The number of nitrogens with one attached hydrogen (secondary N) is 3. The first-order chi connectivity index (χ1) is 25.4. The number of rotatable bonds is 4. The van der Waals surface area contributed by atoms with Crippen LogP contribution >= 0.6 is 0 Å². The first-order valence-electron chi connectivity index (χ1n) is 18.9. The summed E-state index contributed by atoms with van der Waals surface area (Å²) in [4.78, 5) is 62.7. The Morgan fingerprint density at radius 3 is 2.57 bits per heavy atom. The van der Waals surface area contributed by atoms with Crippen LogP contribution in [-0.2, 0) is 35.6 Å². The van der Waals surface area contributed by atoms with Crippen molar-refractivity contribution in [1.29, 1.82) is 0 Å². The molecule has 2 aromatic rings. The SMILES string of the molecule is Cc1nc2ccccc2c2c1O[C@@]1(CC2)C[C@H]2C(=O)N[C@]3(C(=O)NS(=O)(=O)C4(C)CC4)C#C[C@H]3/C=C\CCCCC[C@H](NC(=O)OC(C)(C)C)C(=O)N2C1. The van der Waals surface area contributed by atoms with E-state index in [0.29, 0.717) is 56.4 Å². The van der Waals surface area contributed by atoms with Gasteiger partial charge in [0, 0.05) is 17.4 Å². The number of sulfonamides is 1.